The van der Waals surface area contributed by atoms with Crippen LogP contribution in [0.5, 0.6) is 5.75 Å². The zero-order valence-electron chi connectivity index (χ0n) is 14.9. The first-order chi connectivity index (χ1) is 12.0. The molecule has 1 aliphatic heterocycles. The van der Waals surface area contributed by atoms with Crippen molar-refractivity contribution in [1.82, 2.24) is 0 Å². The van der Waals surface area contributed by atoms with Crippen molar-refractivity contribution in [2.75, 3.05) is 0 Å². The molecule has 0 bridgehead atoms. The summed E-state index contributed by atoms with van der Waals surface area (Å²) in [6.45, 7) is -0.956. The summed E-state index contributed by atoms with van der Waals surface area (Å²) in [6, 6.07) is 6.63. The van der Waals surface area contributed by atoms with E-state index in [1.165, 1.54) is 43.8 Å². The molecule has 1 saturated heterocycles. The number of rotatable bonds is 9. The van der Waals surface area contributed by atoms with Gasteiger partial charge in [0, 0.05) is 8.80 Å². The van der Waals surface area contributed by atoms with Crippen LogP contribution in [-0.4, -0.2) is 15.4 Å². The van der Waals surface area contributed by atoms with Crippen LogP contribution in [0.3, 0.4) is 0 Å². The third-order valence-corrected chi connectivity index (χ3v) is 8.95. The second-order valence-electron chi connectivity index (χ2n) is 7.19. The van der Waals surface area contributed by atoms with Gasteiger partial charge in [-0.05, 0) is 36.5 Å². The quantitative estimate of drug-likeness (QED) is 0.278. The van der Waals surface area contributed by atoms with Crippen molar-refractivity contribution in [2.45, 2.75) is 76.6 Å². The number of ether oxygens (including phenoxy) is 1. The molecule has 0 aromatic heterocycles. The van der Waals surface area contributed by atoms with E-state index in [1.807, 2.05) is 0 Å². The molecule has 25 heavy (non-hydrogen) atoms. The van der Waals surface area contributed by atoms with E-state index in [9.17, 15) is 17.6 Å². The van der Waals surface area contributed by atoms with Crippen LogP contribution in [0.15, 0.2) is 12.1 Å². The van der Waals surface area contributed by atoms with Gasteiger partial charge in [0.25, 0.3) is 0 Å². The van der Waals surface area contributed by atoms with Crippen LogP contribution in [0.2, 0.25) is 18.1 Å². The van der Waals surface area contributed by atoms with Crippen molar-refractivity contribution in [3.8, 4) is 5.75 Å². The summed E-state index contributed by atoms with van der Waals surface area (Å²) >= 11 is 0. The van der Waals surface area contributed by atoms with Crippen LogP contribution in [0.1, 0.15) is 51.0 Å². The summed E-state index contributed by atoms with van der Waals surface area (Å²) in [5.74, 6) is -2.30. The van der Waals surface area contributed by atoms with Gasteiger partial charge in [-0.3, -0.25) is 0 Å². The fourth-order valence-electron chi connectivity index (χ4n) is 3.94. The van der Waals surface area contributed by atoms with Crippen LogP contribution >= 0.6 is 0 Å². The minimum absolute atomic E-state index is 0.430. The average molecular weight is 377 g/mol. The molecule has 1 heterocycles. The van der Waals surface area contributed by atoms with Crippen LogP contribution < -0.4 is 4.74 Å². The lowest BCUT2D eigenvalue weighted by Gasteiger charge is -2.27. The van der Waals surface area contributed by atoms with Crippen molar-refractivity contribution in [3.63, 3.8) is 0 Å². The van der Waals surface area contributed by atoms with Crippen molar-refractivity contribution in [3.05, 3.63) is 29.3 Å². The van der Waals surface area contributed by atoms with Gasteiger partial charge in [-0.1, -0.05) is 57.2 Å². The average Bonchev–Trinajstić information content (AvgIpc) is 2.56. The summed E-state index contributed by atoms with van der Waals surface area (Å²) < 4.78 is 55.5. The molecule has 0 spiro atoms. The minimum Gasteiger partial charge on any atom is -0.429 e. The zero-order valence-corrected chi connectivity index (χ0v) is 16.0. The second kappa shape index (κ2) is 10.2. The highest BCUT2D eigenvalue weighted by atomic mass is 28.3. The van der Waals surface area contributed by atoms with Crippen LogP contribution in [0, 0.1) is 17.6 Å². The summed E-state index contributed by atoms with van der Waals surface area (Å²) in [6.07, 6.45) is 7.70. The van der Waals surface area contributed by atoms with Crippen LogP contribution in [0.4, 0.5) is 17.6 Å². The highest BCUT2D eigenvalue weighted by Crippen LogP contribution is 2.31. The maximum absolute atomic E-state index is 13.7. The smallest absolute Gasteiger partial charge is 0.387 e. The number of hydrogen-bond acceptors (Lipinski definition) is 1. The summed E-state index contributed by atoms with van der Waals surface area (Å²) in [4.78, 5) is 0. The summed E-state index contributed by atoms with van der Waals surface area (Å²) in [7, 11) is -0.430. The molecule has 1 fully saturated rings. The van der Waals surface area contributed by atoms with Crippen LogP contribution in [0.25, 0.3) is 0 Å². The van der Waals surface area contributed by atoms with Crippen LogP contribution in [-0.2, 0) is 6.42 Å². The Hall–Kier alpha value is -1.04. The van der Waals surface area contributed by atoms with E-state index in [4.69, 9.17) is 0 Å². The van der Waals surface area contributed by atoms with E-state index in [-0.39, 0.29) is 0 Å². The molecule has 142 valence electrons. The van der Waals surface area contributed by atoms with Gasteiger partial charge < -0.3 is 4.74 Å². The Bertz CT molecular complexity index is 507. The molecule has 2 rings (SSSR count). The Kier molecular flexibility index (Phi) is 8.26. The zero-order chi connectivity index (χ0) is 18.2. The lowest BCUT2D eigenvalue weighted by Crippen LogP contribution is -2.20. The maximum Gasteiger partial charge on any atom is 0.387 e. The molecular formula is C19H28F4OSi. The van der Waals surface area contributed by atoms with Gasteiger partial charge in [0.15, 0.2) is 17.4 Å². The predicted molar refractivity (Wildman–Crippen MR) is 95.1 cm³/mol. The lowest BCUT2D eigenvalue weighted by molar-refractivity contribution is -0.0546. The molecule has 1 aromatic rings. The Morgan fingerprint density at radius 3 is 2.32 bits per heavy atom. The third-order valence-electron chi connectivity index (χ3n) is 5.26. The molecule has 1 nitrogen and oxygen atoms in total. The lowest BCUT2D eigenvalue weighted by atomic mass is 9.94. The molecule has 0 amide bonds. The van der Waals surface area contributed by atoms with Gasteiger partial charge >= 0.3 is 6.61 Å². The van der Waals surface area contributed by atoms with E-state index in [1.54, 1.807) is 0 Å². The molecule has 0 atom stereocenters. The molecule has 0 N–H and O–H groups in total. The Balaban J connectivity index is 1.72. The molecule has 0 radical (unpaired) electrons. The topological polar surface area (TPSA) is 9.23 Å². The van der Waals surface area contributed by atoms with Crippen molar-refractivity contribution >= 4 is 8.80 Å². The normalized spacial score (nSPS) is 20.9. The Morgan fingerprint density at radius 2 is 1.76 bits per heavy atom. The monoisotopic (exact) mass is 376 g/mol. The maximum atomic E-state index is 13.7. The number of aryl methyl sites for hydroxylation is 1. The van der Waals surface area contributed by atoms with E-state index in [0.29, 0.717) is 12.0 Å². The summed E-state index contributed by atoms with van der Waals surface area (Å²) in [5, 5.41) is 0. The van der Waals surface area contributed by atoms with E-state index in [0.717, 1.165) is 30.9 Å². The second-order valence-corrected chi connectivity index (χ2v) is 10.7. The number of benzene rings is 1. The Morgan fingerprint density at radius 1 is 1.12 bits per heavy atom. The van der Waals surface area contributed by atoms with Gasteiger partial charge in [0.05, 0.1) is 0 Å². The first-order valence-electron chi connectivity index (χ1n) is 9.42. The number of alkyl halides is 2. The molecular weight excluding hydrogens is 348 g/mol. The number of unbranched alkanes of at least 4 members (excludes halogenated alkanes) is 1. The largest absolute Gasteiger partial charge is 0.429 e. The van der Waals surface area contributed by atoms with Crippen molar-refractivity contribution < 1.29 is 22.3 Å². The van der Waals surface area contributed by atoms with Gasteiger partial charge in [-0.2, -0.15) is 8.78 Å². The van der Waals surface area contributed by atoms with Gasteiger partial charge in [0.2, 0.25) is 0 Å². The fourth-order valence-corrected chi connectivity index (χ4v) is 7.51. The van der Waals surface area contributed by atoms with E-state index in [2.05, 4.69) is 11.7 Å². The predicted octanol–water partition coefficient (Wildman–Crippen LogP) is 6.33. The van der Waals surface area contributed by atoms with Gasteiger partial charge in [0.1, 0.15) is 0 Å². The molecule has 0 saturated carbocycles. The molecule has 1 aliphatic rings. The molecule has 1 aromatic carbocycles. The first-order valence-corrected chi connectivity index (χ1v) is 11.9. The van der Waals surface area contributed by atoms with Crippen molar-refractivity contribution in [2.24, 2.45) is 5.92 Å². The van der Waals surface area contributed by atoms with E-state index < -0.39 is 32.8 Å². The highest BCUT2D eigenvalue weighted by Gasteiger charge is 2.21. The standard InChI is InChI=1S/C19H28F4OSi/c1-2-9-25-10-7-14(8-11-25)5-3-4-6-15-12-16(20)18(17(21)13-15)24-19(22)23/h12-14,19,25H,2-11H2,1H3/t14-,25-. The number of hydrogen-bond donors (Lipinski definition) is 0. The molecule has 0 aliphatic carbocycles. The fraction of sp³-hybridized carbons (Fsp3) is 0.684. The third kappa shape index (κ3) is 6.64. The highest BCUT2D eigenvalue weighted by molar-refractivity contribution is 6.58. The first kappa shape index (κ1) is 20.3. The van der Waals surface area contributed by atoms with E-state index >= 15 is 0 Å². The minimum atomic E-state index is -3.23. The Labute approximate surface area is 149 Å². The van der Waals surface area contributed by atoms with Gasteiger partial charge in [-0.15, -0.1) is 0 Å². The van der Waals surface area contributed by atoms with Gasteiger partial charge in [-0.25, -0.2) is 8.78 Å². The van der Waals surface area contributed by atoms with Crippen molar-refractivity contribution in [1.29, 1.82) is 0 Å². The SMILES string of the molecule is CCC[Si@H]1CC[C@H](CCCCc2cc(F)c(OC(F)F)c(F)c2)CC1. The summed E-state index contributed by atoms with van der Waals surface area (Å²) in [5.41, 5.74) is 0.496. The number of halogens is 4. The molecule has 0 unspecified atom stereocenters. The molecule has 6 heteroatoms.